The maximum Gasteiger partial charge on any atom is 0.203 e. The van der Waals surface area contributed by atoms with E-state index in [4.69, 9.17) is 9.47 Å². The molecule has 0 radical (unpaired) electrons. The summed E-state index contributed by atoms with van der Waals surface area (Å²) >= 11 is 1.43. The maximum atomic E-state index is 12.1. The molecule has 0 unspecified atom stereocenters. The first-order chi connectivity index (χ1) is 8.69. The molecule has 0 amide bonds. The zero-order valence-electron chi connectivity index (χ0n) is 9.97. The topological polar surface area (TPSA) is 55.8 Å². The quantitative estimate of drug-likeness (QED) is 0.863. The molecule has 1 N–H and O–H groups in total. The number of ketones is 1. The van der Waals surface area contributed by atoms with Gasteiger partial charge >= 0.3 is 0 Å². The predicted molar refractivity (Wildman–Crippen MR) is 69.0 cm³/mol. The van der Waals surface area contributed by atoms with E-state index in [2.05, 4.69) is 0 Å². The van der Waals surface area contributed by atoms with Gasteiger partial charge in [-0.05, 0) is 23.6 Å². The van der Waals surface area contributed by atoms with Crippen molar-refractivity contribution in [3.8, 4) is 17.2 Å². The van der Waals surface area contributed by atoms with Crippen LogP contribution in [0.1, 0.15) is 15.9 Å². The Kier molecular flexibility index (Phi) is 3.53. The van der Waals surface area contributed by atoms with Crippen molar-refractivity contribution in [2.24, 2.45) is 0 Å². The molecule has 0 atom stereocenters. The zero-order valence-corrected chi connectivity index (χ0v) is 10.8. The van der Waals surface area contributed by atoms with Gasteiger partial charge in [0.1, 0.15) is 0 Å². The van der Waals surface area contributed by atoms with E-state index in [0.717, 1.165) is 0 Å². The molecule has 5 heteroatoms. The normalized spacial score (nSPS) is 10.1. The molecular weight excluding hydrogens is 252 g/mol. The summed E-state index contributed by atoms with van der Waals surface area (Å²) in [5, 5.41) is 13.6. The summed E-state index contributed by atoms with van der Waals surface area (Å²) in [4.78, 5) is 12.1. The molecule has 94 valence electrons. The number of carbonyl (C=O) groups excluding carboxylic acids is 1. The van der Waals surface area contributed by atoms with Gasteiger partial charge in [0.15, 0.2) is 17.3 Å². The number of methoxy groups -OCH3 is 2. The van der Waals surface area contributed by atoms with E-state index < -0.39 is 0 Å². The summed E-state index contributed by atoms with van der Waals surface area (Å²) in [6.07, 6.45) is 0. The van der Waals surface area contributed by atoms with Gasteiger partial charge in [0.05, 0.1) is 19.8 Å². The lowest BCUT2D eigenvalue weighted by Crippen LogP contribution is -2.02. The number of phenolic OH excluding ortho intramolecular Hbond substituents is 1. The molecule has 18 heavy (non-hydrogen) atoms. The number of carbonyl (C=O) groups is 1. The minimum Gasteiger partial charge on any atom is -0.504 e. The fraction of sp³-hybridized carbons (Fsp3) is 0.154. The predicted octanol–water partition coefficient (Wildman–Crippen LogP) is 2.70. The molecule has 4 nitrogen and oxygen atoms in total. The van der Waals surface area contributed by atoms with Crippen molar-refractivity contribution in [2.45, 2.75) is 0 Å². The van der Waals surface area contributed by atoms with E-state index in [1.165, 1.54) is 31.6 Å². The highest BCUT2D eigenvalue weighted by Crippen LogP contribution is 2.39. The molecule has 1 heterocycles. The molecule has 0 aliphatic heterocycles. The number of benzene rings is 1. The molecule has 0 saturated carbocycles. The Bertz CT molecular complexity index is 561. The summed E-state index contributed by atoms with van der Waals surface area (Å²) in [5.74, 6) is 0.109. The number of rotatable bonds is 4. The number of thiophene rings is 1. The highest BCUT2D eigenvalue weighted by atomic mass is 32.1. The fourth-order valence-corrected chi connectivity index (χ4v) is 2.28. The summed E-state index contributed by atoms with van der Waals surface area (Å²) in [5.41, 5.74) is 0.744. The van der Waals surface area contributed by atoms with Crippen molar-refractivity contribution >= 4 is 17.1 Å². The maximum absolute atomic E-state index is 12.1. The average Bonchev–Trinajstić information content (AvgIpc) is 2.91. The van der Waals surface area contributed by atoms with Gasteiger partial charge in [0.2, 0.25) is 5.75 Å². The van der Waals surface area contributed by atoms with Crippen molar-refractivity contribution in [1.29, 1.82) is 0 Å². The van der Waals surface area contributed by atoms with Crippen molar-refractivity contribution in [1.82, 2.24) is 0 Å². The van der Waals surface area contributed by atoms with E-state index in [-0.39, 0.29) is 22.8 Å². The van der Waals surface area contributed by atoms with Crippen molar-refractivity contribution in [3.63, 3.8) is 0 Å². The summed E-state index contributed by atoms with van der Waals surface area (Å²) < 4.78 is 10.1. The van der Waals surface area contributed by atoms with Crippen LogP contribution in [0.15, 0.2) is 29.0 Å². The largest absolute Gasteiger partial charge is 0.504 e. The number of aromatic hydroxyl groups is 1. The van der Waals surface area contributed by atoms with Crippen LogP contribution in [0.25, 0.3) is 0 Å². The van der Waals surface area contributed by atoms with Crippen molar-refractivity contribution < 1.29 is 19.4 Å². The molecule has 0 bridgehead atoms. The number of ether oxygens (including phenoxy) is 2. The zero-order chi connectivity index (χ0) is 13.1. The Balaban J connectivity index is 2.50. The molecule has 1 aromatic heterocycles. The first-order valence-corrected chi connectivity index (χ1v) is 6.14. The second-order valence-corrected chi connectivity index (χ2v) is 4.32. The number of hydrogen-bond acceptors (Lipinski definition) is 5. The van der Waals surface area contributed by atoms with Gasteiger partial charge in [-0.3, -0.25) is 4.79 Å². The molecule has 1 aromatic carbocycles. The van der Waals surface area contributed by atoms with Gasteiger partial charge < -0.3 is 14.6 Å². The third kappa shape index (κ3) is 2.04. The molecule has 0 spiro atoms. The Morgan fingerprint density at radius 1 is 1.22 bits per heavy atom. The van der Waals surface area contributed by atoms with Crippen LogP contribution in [0.5, 0.6) is 17.2 Å². The average molecular weight is 264 g/mol. The number of hydrogen-bond donors (Lipinski definition) is 1. The van der Waals surface area contributed by atoms with Gasteiger partial charge in [-0.2, -0.15) is 11.3 Å². The van der Waals surface area contributed by atoms with Crippen LogP contribution in [0.2, 0.25) is 0 Å². The van der Waals surface area contributed by atoms with E-state index in [1.807, 2.05) is 5.38 Å². The van der Waals surface area contributed by atoms with Gasteiger partial charge in [-0.25, -0.2) is 0 Å². The summed E-state index contributed by atoms with van der Waals surface area (Å²) in [7, 11) is 2.88. The first-order valence-electron chi connectivity index (χ1n) is 5.20. The molecule has 2 rings (SSSR count). The van der Waals surface area contributed by atoms with Gasteiger partial charge in [-0.1, -0.05) is 0 Å². The SMILES string of the molecule is COc1ccc(C(=O)c2ccsc2)c(O)c1OC. The monoisotopic (exact) mass is 264 g/mol. The van der Waals surface area contributed by atoms with Crippen LogP contribution < -0.4 is 9.47 Å². The van der Waals surface area contributed by atoms with Crippen LogP contribution in [0, 0.1) is 0 Å². The lowest BCUT2D eigenvalue weighted by molar-refractivity contribution is 0.103. The highest BCUT2D eigenvalue weighted by molar-refractivity contribution is 7.08. The molecule has 0 aliphatic rings. The van der Waals surface area contributed by atoms with Crippen LogP contribution in [-0.4, -0.2) is 25.1 Å². The van der Waals surface area contributed by atoms with E-state index in [9.17, 15) is 9.90 Å². The van der Waals surface area contributed by atoms with Gasteiger partial charge in [0, 0.05) is 10.9 Å². The molecular formula is C13H12O4S. The second kappa shape index (κ2) is 5.10. The Morgan fingerprint density at radius 3 is 2.56 bits per heavy atom. The fourth-order valence-electron chi connectivity index (χ4n) is 1.64. The molecule has 0 saturated heterocycles. The lowest BCUT2D eigenvalue weighted by Gasteiger charge is -2.11. The van der Waals surface area contributed by atoms with Crippen LogP contribution in [0.3, 0.4) is 0 Å². The minimum atomic E-state index is -0.241. The molecule has 2 aromatic rings. The van der Waals surface area contributed by atoms with Crippen molar-refractivity contribution in [2.75, 3.05) is 14.2 Å². The van der Waals surface area contributed by atoms with Crippen LogP contribution >= 0.6 is 11.3 Å². The highest BCUT2D eigenvalue weighted by Gasteiger charge is 2.20. The van der Waals surface area contributed by atoms with Gasteiger partial charge in [-0.15, -0.1) is 0 Å². The molecule has 0 aliphatic carbocycles. The lowest BCUT2D eigenvalue weighted by atomic mass is 10.0. The minimum absolute atomic E-state index is 0.165. The van der Waals surface area contributed by atoms with Gasteiger partial charge in [0.25, 0.3) is 0 Å². The van der Waals surface area contributed by atoms with E-state index >= 15 is 0 Å². The Hall–Kier alpha value is -2.01. The second-order valence-electron chi connectivity index (χ2n) is 3.54. The Labute approximate surface area is 108 Å². The first kappa shape index (κ1) is 12.4. The van der Waals surface area contributed by atoms with Crippen LogP contribution in [0.4, 0.5) is 0 Å². The number of phenols is 1. The smallest absolute Gasteiger partial charge is 0.203 e. The van der Waals surface area contributed by atoms with Crippen molar-refractivity contribution in [3.05, 3.63) is 40.1 Å². The third-order valence-corrected chi connectivity index (χ3v) is 3.23. The summed E-state index contributed by atoms with van der Waals surface area (Å²) in [6.45, 7) is 0. The summed E-state index contributed by atoms with van der Waals surface area (Å²) in [6, 6.07) is 4.83. The molecule has 0 fully saturated rings. The standard InChI is InChI=1S/C13H12O4S/c1-16-10-4-3-9(12(15)13(10)17-2)11(14)8-5-6-18-7-8/h3-7,15H,1-2H3. The van der Waals surface area contributed by atoms with Crippen LogP contribution in [-0.2, 0) is 0 Å². The van der Waals surface area contributed by atoms with E-state index in [1.54, 1.807) is 17.5 Å². The van der Waals surface area contributed by atoms with E-state index in [0.29, 0.717) is 11.3 Å². The Morgan fingerprint density at radius 2 is 2.00 bits per heavy atom. The third-order valence-electron chi connectivity index (χ3n) is 2.55.